The Morgan fingerprint density at radius 2 is 2.04 bits per heavy atom. The molecular weight excluding hydrogens is 333 g/mol. The van der Waals surface area contributed by atoms with Crippen LogP contribution in [0.4, 0.5) is 18.9 Å². The number of aryl methyl sites for hydroxylation is 1. The van der Waals surface area contributed by atoms with E-state index >= 15 is 0 Å². The maximum atomic E-state index is 12.7. The second-order valence-corrected chi connectivity index (χ2v) is 4.74. The second kappa shape index (κ2) is 7.47. The van der Waals surface area contributed by atoms with Gasteiger partial charge in [-0.15, -0.1) is 12.4 Å². The smallest absolute Gasteiger partial charge is 0.324 e. The first-order valence-corrected chi connectivity index (χ1v) is 6.45. The number of rotatable bonds is 4. The summed E-state index contributed by atoms with van der Waals surface area (Å²) in [6, 6.07) is 3.79. The van der Waals surface area contributed by atoms with Crippen molar-refractivity contribution in [1.29, 1.82) is 0 Å². The van der Waals surface area contributed by atoms with Crippen LogP contribution in [0.1, 0.15) is 17.2 Å². The molecule has 0 bridgehead atoms. The maximum absolute atomic E-state index is 12.7. The third-order valence-corrected chi connectivity index (χ3v) is 3.07. The molecule has 23 heavy (non-hydrogen) atoms. The lowest BCUT2D eigenvalue weighted by molar-refractivity contribution is -0.137. The minimum Gasteiger partial charge on any atom is -0.324 e. The number of nitrogens with one attached hydrogen (secondary N) is 2. The standard InChI is InChI=1S/C14H15F3N4O.ClH/c1-18-12(9-7-19-21(2)8-9)13(22)20-11-5-3-4-10(6-11)14(15,16)17;/h3-8,12,18H,1-2H3,(H,20,22);1H. The van der Waals surface area contributed by atoms with Crippen LogP contribution in [-0.2, 0) is 18.0 Å². The highest BCUT2D eigenvalue weighted by molar-refractivity contribution is 5.95. The number of carbonyl (C=O) groups excluding carboxylic acids is 1. The van der Waals surface area contributed by atoms with E-state index in [0.717, 1.165) is 12.1 Å². The molecule has 0 fully saturated rings. The van der Waals surface area contributed by atoms with Crippen molar-refractivity contribution in [1.82, 2.24) is 15.1 Å². The monoisotopic (exact) mass is 348 g/mol. The first-order chi connectivity index (χ1) is 10.3. The second-order valence-electron chi connectivity index (χ2n) is 4.74. The number of halogens is 4. The number of benzene rings is 1. The van der Waals surface area contributed by atoms with Crippen molar-refractivity contribution in [2.45, 2.75) is 12.2 Å². The van der Waals surface area contributed by atoms with Crippen LogP contribution in [-0.4, -0.2) is 22.7 Å². The average molecular weight is 349 g/mol. The number of aromatic nitrogens is 2. The van der Waals surface area contributed by atoms with Gasteiger partial charge in [0.05, 0.1) is 11.8 Å². The fraction of sp³-hybridized carbons (Fsp3) is 0.286. The fourth-order valence-electron chi connectivity index (χ4n) is 2.03. The van der Waals surface area contributed by atoms with Gasteiger partial charge in [-0.3, -0.25) is 9.48 Å². The summed E-state index contributed by atoms with van der Waals surface area (Å²) in [5.74, 6) is -0.463. The zero-order valence-electron chi connectivity index (χ0n) is 12.4. The molecule has 2 N–H and O–H groups in total. The molecule has 0 saturated heterocycles. The molecule has 1 unspecified atom stereocenters. The van der Waals surface area contributed by atoms with E-state index in [2.05, 4.69) is 15.7 Å². The Morgan fingerprint density at radius 3 is 2.57 bits per heavy atom. The van der Waals surface area contributed by atoms with Crippen LogP contribution in [0.2, 0.25) is 0 Å². The number of carbonyl (C=O) groups is 1. The highest BCUT2D eigenvalue weighted by Crippen LogP contribution is 2.30. The van der Waals surface area contributed by atoms with Crippen molar-refractivity contribution >= 4 is 24.0 Å². The minimum absolute atomic E-state index is 0. The van der Waals surface area contributed by atoms with Gasteiger partial charge in [0.25, 0.3) is 0 Å². The van der Waals surface area contributed by atoms with E-state index in [9.17, 15) is 18.0 Å². The summed E-state index contributed by atoms with van der Waals surface area (Å²) in [6.07, 6.45) is -1.27. The summed E-state index contributed by atoms with van der Waals surface area (Å²) in [5, 5.41) is 9.25. The molecule has 1 heterocycles. The number of likely N-dealkylation sites (N-methyl/N-ethyl adjacent to an activating group) is 1. The number of amides is 1. The molecule has 0 radical (unpaired) electrons. The van der Waals surface area contributed by atoms with Crippen molar-refractivity contribution in [3.8, 4) is 0 Å². The molecule has 2 rings (SSSR count). The average Bonchev–Trinajstić information content (AvgIpc) is 2.85. The molecule has 9 heteroatoms. The van der Waals surface area contributed by atoms with Gasteiger partial charge >= 0.3 is 6.18 Å². The van der Waals surface area contributed by atoms with Gasteiger partial charge in [-0.05, 0) is 25.2 Å². The molecule has 0 aliphatic heterocycles. The van der Waals surface area contributed by atoms with E-state index in [1.807, 2.05) is 0 Å². The Morgan fingerprint density at radius 1 is 1.35 bits per heavy atom. The third kappa shape index (κ3) is 4.70. The van der Waals surface area contributed by atoms with Gasteiger partial charge in [-0.25, -0.2) is 0 Å². The Kier molecular flexibility index (Phi) is 6.17. The molecule has 126 valence electrons. The van der Waals surface area contributed by atoms with Gasteiger partial charge in [-0.2, -0.15) is 18.3 Å². The zero-order chi connectivity index (χ0) is 16.3. The first kappa shape index (κ1) is 19.0. The van der Waals surface area contributed by atoms with E-state index in [1.54, 1.807) is 20.3 Å². The Balaban J connectivity index is 0.00000264. The van der Waals surface area contributed by atoms with Crippen LogP contribution in [0.5, 0.6) is 0 Å². The van der Waals surface area contributed by atoms with Crippen molar-refractivity contribution in [2.75, 3.05) is 12.4 Å². The van der Waals surface area contributed by atoms with Crippen molar-refractivity contribution in [3.05, 3.63) is 47.8 Å². The SMILES string of the molecule is CNC(C(=O)Nc1cccc(C(F)(F)F)c1)c1cnn(C)c1.Cl. The predicted molar refractivity (Wildman–Crippen MR) is 82.3 cm³/mol. The van der Waals surface area contributed by atoms with Gasteiger partial charge in [0.15, 0.2) is 0 Å². The predicted octanol–water partition coefficient (Wildman–Crippen LogP) is 2.76. The summed E-state index contributed by atoms with van der Waals surface area (Å²) in [5.41, 5.74) is -0.105. The zero-order valence-corrected chi connectivity index (χ0v) is 13.2. The van der Waals surface area contributed by atoms with Gasteiger partial charge in [-0.1, -0.05) is 6.07 Å². The fourth-order valence-corrected chi connectivity index (χ4v) is 2.03. The van der Waals surface area contributed by atoms with Crippen LogP contribution >= 0.6 is 12.4 Å². The maximum Gasteiger partial charge on any atom is 0.416 e. The Bertz CT molecular complexity index is 672. The normalized spacial score (nSPS) is 12.4. The number of hydrogen-bond acceptors (Lipinski definition) is 3. The van der Waals surface area contributed by atoms with Crippen LogP contribution in [0.3, 0.4) is 0 Å². The molecular formula is C14H16ClF3N4O. The van der Waals surface area contributed by atoms with Crippen molar-refractivity contribution < 1.29 is 18.0 Å². The van der Waals surface area contributed by atoms with E-state index in [0.29, 0.717) is 5.56 Å². The first-order valence-electron chi connectivity index (χ1n) is 6.45. The van der Waals surface area contributed by atoms with Gasteiger partial charge in [0.2, 0.25) is 5.91 Å². The van der Waals surface area contributed by atoms with Crippen molar-refractivity contribution in [3.63, 3.8) is 0 Å². The van der Waals surface area contributed by atoms with Gasteiger partial charge in [0, 0.05) is 24.5 Å². The molecule has 1 aromatic carbocycles. The quantitative estimate of drug-likeness (QED) is 0.893. The number of hydrogen-bond donors (Lipinski definition) is 2. The van der Waals surface area contributed by atoms with Crippen LogP contribution in [0.25, 0.3) is 0 Å². The van der Waals surface area contributed by atoms with E-state index in [1.165, 1.54) is 23.0 Å². The number of nitrogens with zero attached hydrogens (tertiary/aromatic N) is 2. The van der Waals surface area contributed by atoms with E-state index in [4.69, 9.17) is 0 Å². The molecule has 1 atom stereocenters. The summed E-state index contributed by atoms with van der Waals surface area (Å²) in [4.78, 5) is 12.2. The number of anilines is 1. The van der Waals surface area contributed by atoms with Crippen LogP contribution in [0, 0.1) is 0 Å². The Hall–Kier alpha value is -2.06. The molecule has 0 spiro atoms. The summed E-state index contributed by atoms with van der Waals surface area (Å²) in [6.45, 7) is 0. The van der Waals surface area contributed by atoms with Crippen LogP contribution < -0.4 is 10.6 Å². The lowest BCUT2D eigenvalue weighted by atomic mass is 10.1. The molecule has 0 aliphatic rings. The largest absolute Gasteiger partial charge is 0.416 e. The minimum atomic E-state index is -4.45. The number of alkyl halides is 3. The lowest BCUT2D eigenvalue weighted by Gasteiger charge is -2.15. The van der Waals surface area contributed by atoms with E-state index in [-0.39, 0.29) is 18.1 Å². The highest BCUT2D eigenvalue weighted by atomic mass is 35.5. The summed E-state index contributed by atoms with van der Waals surface area (Å²) >= 11 is 0. The van der Waals surface area contributed by atoms with Crippen LogP contribution in [0.15, 0.2) is 36.7 Å². The molecule has 1 aromatic heterocycles. The third-order valence-electron chi connectivity index (χ3n) is 3.07. The Labute approximate surface area is 137 Å². The van der Waals surface area contributed by atoms with Gasteiger partial charge in [0.1, 0.15) is 6.04 Å². The molecule has 1 amide bonds. The highest BCUT2D eigenvalue weighted by Gasteiger charge is 2.30. The topological polar surface area (TPSA) is 59.0 Å². The molecule has 5 nitrogen and oxygen atoms in total. The van der Waals surface area contributed by atoms with E-state index < -0.39 is 23.7 Å². The van der Waals surface area contributed by atoms with Gasteiger partial charge < -0.3 is 10.6 Å². The summed E-state index contributed by atoms with van der Waals surface area (Å²) < 4.78 is 39.5. The molecule has 0 aliphatic carbocycles. The lowest BCUT2D eigenvalue weighted by Crippen LogP contribution is -2.30. The van der Waals surface area contributed by atoms with Crippen molar-refractivity contribution in [2.24, 2.45) is 7.05 Å². The molecule has 0 saturated carbocycles. The summed E-state index contributed by atoms with van der Waals surface area (Å²) in [7, 11) is 3.30. The molecule has 2 aromatic rings.